The molecule has 1 saturated heterocycles. The molecule has 1 aliphatic rings. The van der Waals surface area contributed by atoms with Crippen molar-refractivity contribution in [2.24, 2.45) is 10.9 Å². The molecule has 6 nitrogen and oxygen atoms in total. The maximum Gasteiger partial charge on any atom is 0.191 e. The Morgan fingerprint density at radius 2 is 2.17 bits per heavy atom. The van der Waals surface area contributed by atoms with Crippen molar-refractivity contribution in [2.75, 3.05) is 53.0 Å². The number of likely N-dealkylation sites (tertiary alicyclic amines) is 1. The summed E-state index contributed by atoms with van der Waals surface area (Å²) in [5, 5.41) is 16.0. The van der Waals surface area contributed by atoms with Gasteiger partial charge in [-0.3, -0.25) is 9.89 Å². The van der Waals surface area contributed by atoms with E-state index >= 15 is 0 Å². The molecule has 6 heteroatoms. The summed E-state index contributed by atoms with van der Waals surface area (Å²) in [7, 11) is 1.76. The number of methoxy groups -OCH3 is 1. The van der Waals surface area contributed by atoms with Gasteiger partial charge in [0.15, 0.2) is 5.96 Å². The van der Waals surface area contributed by atoms with Crippen LogP contribution in [-0.4, -0.2) is 75.1 Å². The molecule has 2 unspecified atom stereocenters. The first-order valence-corrected chi connectivity index (χ1v) is 9.61. The average molecular weight is 343 g/mol. The normalized spacial score (nSPS) is 20.3. The molecule has 0 aromatic carbocycles. The summed E-state index contributed by atoms with van der Waals surface area (Å²) in [5.41, 5.74) is 0. The Bertz CT molecular complexity index is 333. The molecule has 2 atom stereocenters. The van der Waals surface area contributed by atoms with Crippen molar-refractivity contribution in [2.45, 2.75) is 52.0 Å². The summed E-state index contributed by atoms with van der Waals surface area (Å²) in [6.45, 7) is 10.1. The maximum absolute atomic E-state index is 9.18. The first-order valence-electron chi connectivity index (χ1n) is 9.61. The van der Waals surface area contributed by atoms with Crippen molar-refractivity contribution in [3.63, 3.8) is 0 Å². The van der Waals surface area contributed by atoms with Gasteiger partial charge in [0.05, 0.1) is 6.61 Å². The van der Waals surface area contributed by atoms with Crippen LogP contribution in [-0.2, 0) is 4.74 Å². The van der Waals surface area contributed by atoms with Gasteiger partial charge in [-0.05, 0) is 45.1 Å². The van der Waals surface area contributed by atoms with Gasteiger partial charge < -0.3 is 20.5 Å². The summed E-state index contributed by atoms with van der Waals surface area (Å²) >= 11 is 0. The highest BCUT2D eigenvalue weighted by Gasteiger charge is 2.23. The van der Waals surface area contributed by atoms with Gasteiger partial charge >= 0.3 is 0 Å². The second kappa shape index (κ2) is 13.4. The molecule has 24 heavy (non-hydrogen) atoms. The Kier molecular flexibility index (Phi) is 11.9. The van der Waals surface area contributed by atoms with Crippen LogP contribution in [0.25, 0.3) is 0 Å². The predicted molar refractivity (Wildman–Crippen MR) is 101 cm³/mol. The minimum atomic E-state index is 0.251. The van der Waals surface area contributed by atoms with Crippen LogP contribution in [0.1, 0.15) is 46.0 Å². The molecule has 0 aromatic heterocycles. The van der Waals surface area contributed by atoms with E-state index in [1.165, 1.54) is 19.4 Å². The molecule has 1 heterocycles. The number of guanidine groups is 1. The summed E-state index contributed by atoms with van der Waals surface area (Å²) in [4.78, 5) is 7.24. The molecule has 3 N–H and O–H groups in total. The fourth-order valence-corrected chi connectivity index (χ4v) is 3.32. The molecule has 142 valence electrons. The predicted octanol–water partition coefficient (Wildman–Crippen LogP) is 1.45. The van der Waals surface area contributed by atoms with E-state index in [9.17, 15) is 5.11 Å². The van der Waals surface area contributed by atoms with E-state index in [4.69, 9.17) is 9.73 Å². The number of nitrogens with zero attached hydrogens (tertiary/aromatic N) is 2. The maximum atomic E-state index is 9.18. The van der Waals surface area contributed by atoms with Gasteiger partial charge in [-0.2, -0.15) is 0 Å². The number of ether oxygens (including phenoxy) is 1. The second-order valence-electron chi connectivity index (χ2n) is 6.59. The Hall–Kier alpha value is -0.850. The fourth-order valence-electron chi connectivity index (χ4n) is 3.32. The minimum Gasteiger partial charge on any atom is -0.396 e. The fraction of sp³-hybridized carbons (Fsp3) is 0.944. The third-order valence-corrected chi connectivity index (χ3v) is 4.67. The standard InChI is InChI=1S/C18H38N4O2/c1-4-7-16(9-12-23)14-20-18(19-5-2)21-15-17-8-6-10-22(17)11-13-24-3/h16-17,23H,4-15H2,1-3H3,(H2,19,20,21). The smallest absolute Gasteiger partial charge is 0.191 e. The van der Waals surface area contributed by atoms with Crippen LogP contribution in [0.5, 0.6) is 0 Å². The average Bonchev–Trinajstić information content (AvgIpc) is 3.03. The number of aliphatic hydroxyl groups is 1. The highest BCUT2D eigenvalue weighted by atomic mass is 16.5. The van der Waals surface area contributed by atoms with Crippen LogP contribution in [0.15, 0.2) is 4.99 Å². The lowest BCUT2D eigenvalue weighted by molar-refractivity contribution is 0.141. The zero-order valence-electron chi connectivity index (χ0n) is 15.9. The topological polar surface area (TPSA) is 69.1 Å². The molecule has 1 aliphatic heterocycles. The third-order valence-electron chi connectivity index (χ3n) is 4.67. The lowest BCUT2D eigenvalue weighted by Crippen LogP contribution is -2.45. The highest BCUT2D eigenvalue weighted by Crippen LogP contribution is 2.16. The molecular weight excluding hydrogens is 304 g/mol. The summed E-state index contributed by atoms with van der Waals surface area (Å²) in [6, 6.07) is 0.563. The van der Waals surface area contributed by atoms with Crippen LogP contribution < -0.4 is 10.6 Å². The van der Waals surface area contributed by atoms with Gasteiger partial charge in [0.2, 0.25) is 0 Å². The molecule has 0 aliphatic carbocycles. The van der Waals surface area contributed by atoms with E-state index in [0.29, 0.717) is 12.0 Å². The Labute approximate surface area is 148 Å². The Morgan fingerprint density at radius 3 is 2.83 bits per heavy atom. The van der Waals surface area contributed by atoms with Gasteiger partial charge in [-0.15, -0.1) is 0 Å². The second-order valence-corrected chi connectivity index (χ2v) is 6.59. The van der Waals surface area contributed by atoms with Gasteiger partial charge in [0, 0.05) is 45.9 Å². The number of rotatable bonds is 12. The van der Waals surface area contributed by atoms with Crippen LogP contribution in [0.3, 0.4) is 0 Å². The van der Waals surface area contributed by atoms with Crippen molar-refractivity contribution in [1.82, 2.24) is 15.5 Å². The van der Waals surface area contributed by atoms with Crippen molar-refractivity contribution < 1.29 is 9.84 Å². The molecule has 0 aromatic rings. The molecule has 0 spiro atoms. The number of nitrogens with one attached hydrogen (secondary N) is 2. The molecule has 0 saturated carbocycles. The molecule has 0 amide bonds. The summed E-state index contributed by atoms with van der Waals surface area (Å²) in [6.07, 6.45) is 5.60. The van der Waals surface area contributed by atoms with E-state index in [-0.39, 0.29) is 6.61 Å². The van der Waals surface area contributed by atoms with E-state index in [2.05, 4.69) is 29.4 Å². The molecule has 1 rings (SSSR count). The van der Waals surface area contributed by atoms with Crippen LogP contribution >= 0.6 is 0 Å². The van der Waals surface area contributed by atoms with Crippen molar-refractivity contribution in [3.8, 4) is 0 Å². The number of aliphatic hydroxyl groups excluding tert-OH is 1. The number of hydrogen-bond donors (Lipinski definition) is 3. The molecular formula is C18H38N4O2. The van der Waals surface area contributed by atoms with Crippen LogP contribution in [0, 0.1) is 5.92 Å². The Morgan fingerprint density at radius 1 is 1.33 bits per heavy atom. The molecule has 1 fully saturated rings. The third kappa shape index (κ3) is 8.31. The molecule has 0 radical (unpaired) electrons. The van der Waals surface area contributed by atoms with Gasteiger partial charge in [0.1, 0.15) is 0 Å². The van der Waals surface area contributed by atoms with Crippen molar-refractivity contribution in [1.29, 1.82) is 0 Å². The van der Waals surface area contributed by atoms with Crippen LogP contribution in [0.4, 0.5) is 0 Å². The first kappa shape index (κ1) is 21.2. The first-order chi connectivity index (χ1) is 11.7. The van der Waals surface area contributed by atoms with Crippen molar-refractivity contribution in [3.05, 3.63) is 0 Å². The van der Waals surface area contributed by atoms with Crippen molar-refractivity contribution >= 4 is 5.96 Å². The lowest BCUT2D eigenvalue weighted by atomic mass is 10.0. The van der Waals surface area contributed by atoms with Gasteiger partial charge in [0.25, 0.3) is 0 Å². The van der Waals surface area contributed by atoms with E-state index < -0.39 is 0 Å². The summed E-state index contributed by atoms with van der Waals surface area (Å²) in [5.74, 6) is 1.37. The van der Waals surface area contributed by atoms with Crippen LogP contribution in [0.2, 0.25) is 0 Å². The zero-order chi connectivity index (χ0) is 17.6. The Balaban J connectivity index is 2.47. The van der Waals surface area contributed by atoms with Gasteiger partial charge in [-0.1, -0.05) is 13.3 Å². The largest absolute Gasteiger partial charge is 0.396 e. The number of hydrogen-bond acceptors (Lipinski definition) is 4. The SMILES string of the molecule is CCCC(CCO)CN=C(NCC)NCC1CCCN1CCOC. The minimum absolute atomic E-state index is 0.251. The molecule has 0 bridgehead atoms. The lowest BCUT2D eigenvalue weighted by Gasteiger charge is -2.25. The highest BCUT2D eigenvalue weighted by molar-refractivity contribution is 5.79. The monoisotopic (exact) mass is 342 g/mol. The number of aliphatic imine (C=N–C) groups is 1. The zero-order valence-corrected chi connectivity index (χ0v) is 15.9. The van der Waals surface area contributed by atoms with E-state index in [1.54, 1.807) is 7.11 Å². The summed E-state index contributed by atoms with van der Waals surface area (Å²) < 4.78 is 5.21. The van der Waals surface area contributed by atoms with E-state index in [0.717, 1.165) is 58.0 Å². The van der Waals surface area contributed by atoms with E-state index in [1.807, 2.05) is 0 Å². The quantitative estimate of drug-likeness (QED) is 0.370. The van der Waals surface area contributed by atoms with Gasteiger partial charge in [-0.25, -0.2) is 0 Å².